The van der Waals surface area contributed by atoms with Gasteiger partial charge >= 0.3 is 0 Å². The molecule has 25 heavy (non-hydrogen) atoms. The Morgan fingerprint density at radius 3 is 2.52 bits per heavy atom. The zero-order chi connectivity index (χ0) is 17.9. The highest BCUT2D eigenvalue weighted by Crippen LogP contribution is 2.29. The Labute approximate surface area is 149 Å². The molecule has 0 aromatic heterocycles. The van der Waals surface area contributed by atoms with E-state index in [1.165, 1.54) is 4.31 Å². The Kier molecular flexibility index (Phi) is 5.54. The first-order chi connectivity index (χ1) is 12.1. The first-order valence-corrected chi connectivity index (χ1v) is 9.90. The molecule has 2 aromatic rings. The Balaban J connectivity index is 1.92. The quantitative estimate of drug-likeness (QED) is 0.889. The van der Waals surface area contributed by atoms with E-state index in [2.05, 4.69) is 0 Å². The lowest BCUT2D eigenvalue weighted by molar-refractivity contribution is 0.0401. The van der Waals surface area contributed by atoms with E-state index < -0.39 is 10.0 Å². The summed E-state index contributed by atoms with van der Waals surface area (Å²) in [6, 6.07) is 16.6. The number of hydrogen-bond acceptors (Lipinski definition) is 4. The van der Waals surface area contributed by atoms with Crippen molar-refractivity contribution in [3.8, 4) is 11.1 Å². The molecular weight excluding hydrogens is 336 g/mol. The summed E-state index contributed by atoms with van der Waals surface area (Å²) < 4.78 is 33.3. The molecule has 0 radical (unpaired) electrons. The summed E-state index contributed by atoms with van der Waals surface area (Å²) in [4.78, 5) is 0.308. The van der Waals surface area contributed by atoms with Gasteiger partial charge in [0.1, 0.15) is 0 Å². The molecule has 0 amide bonds. The molecule has 2 aromatic carbocycles. The average Bonchev–Trinajstić information content (AvgIpc) is 2.68. The lowest BCUT2D eigenvalue weighted by Crippen LogP contribution is -2.51. The van der Waals surface area contributed by atoms with Crippen LogP contribution in [0.4, 0.5) is 0 Å². The first-order valence-electron chi connectivity index (χ1n) is 8.46. The fourth-order valence-electron chi connectivity index (χ4n) is 3.34. The minimum atomic E-state index is -3.59. The Bertz CT molecular complexity index is 808. The molecule has 6 heteroatoms. The van der Waals surface area contributed by atoms with Gasteiger partial charge in [0.2, 0.25) is 10.0 Å². The predicted molar refractivity (Wildman–Crippen MR) is 98.6 cm³/mol. The monoisotopic (exact) mass is 360 g/mol. The molecule has 1 fully saturated rings. The third-order valence-corrected chi connectivity index (χ3v) is 6.71. The van der Waals surface area contributed by atoms with Crippen LogP contribution in [0.1, 0.15) is 12.8 Å². The molecule has 2 atom stereocenters. The van der Waals surface area contributed by atoms with E-state index in [0.717, 1.165) is 11.1 Å². The number of ether oxygens (including phenoxy) is 1. The van der Waals surface area contributed by atoms with Gasteiger partial charge in [0.05, 0.1) is 11.0 Å². The highest BCUT2D eigenvalue weighted by molar-refractivity contribution is 7.89. The van der Waals surface area contributed by atoms with Crippen molar-refractivity contribution in [2.24, 2.45) is 5.73 Å². The van der Waals surface area contributed by atoms with E-state index in [9.17, 15) is 8.42 Å². The van der Waals surface area contributed by atoms with E-state index in [-0.39, 0.29) is 18.7 Å². The molecule has 2 unspecified atom stereocenters. The van der Waals surface area contributed by atoms with E-state index in [1.54, 1.807) is 25.3 Å². The Hall–Kier alpha value is -1.73. The minimum absolute atomic E-state index is 0.0654. The van der Waals surface area contributed by atoms with Crippen LogP contribution in [0.5, 0.6) is 0 Å². The van der Waals surface area contributed by atoms with E-state index in [4.69, 9.17) is 10.5 Å². The number of rotatable bonds is 5. The zero-order valence-corrected chi connectivity index (χ0v) is 15.2. The lowest BCUT2D eigenvalue weighted by Gasteiger charge is -2.37. The van der Waals surface area contributed by atoms with E-state index >= 15 is 0 Å². The fourth-order valence-corrected chi connectivity index (χ4v) is 5.05. The van der Waals surface area contributed by atoms with Gasteiger partial charge in [-0.2, -0.15) is 4.31 Å². The number of piperidine rings is 1. The van der Waals surface area contributed by atoms with Gasteiger partial charge in [-0.1, -0.05) is 42.5 Å². The summed E-state index contributed by atoms with van der Waals surface area (Å²) in [7, 11) is -1.93. The van der Waals surface area contributed by atoms with Crippen LogP contribution in [-0.4, -0.2) is 45.1 Å². The maximum atomic E-state index is 13.2. The minimum Gasteiger partial charge on any atom is -0.381 e. The van der Waals surface area contributed by atoms with Crippen molar-refractivity contribution in [1.82, 2.24) is 4.31 Å². The van der Waals surface area contributed by atoms with Crippen molar-refractivity contribution >= 4 is 10.0 Å². The van der Waals surface area contributed by atoms with Crippen molar-refractivity contribution in [1.29, 1.82) is 0 Å². The SMILES string of the molecule is COC1CCN(S(=O)(=O)c2cccc(-c3ccccc3)c2)C(CN)C1. The third-order valence-electron chi connectivity index (χ3n) is 4.77. The second-order valence-corrected chi connectivity index (χ2v) is 8.17. The summed E-state index contributed by atoms with van der Waals surface area (Å²) in [6.45, 7) is 0.718. The maximum Gasteiger partial charge on any atom is 0.243 e. The van der Waals surface area contributed by atoms with Gasteiger partial charge in [-0.3, -0.25) is 0 Å². The van der Waals surface area contributed by atoms with Crippen LogP contribution < -0.4 is 5.73 Å². The van der Waals surface area contributed by atoms with E-state index in [0.29, 0.717) is 24.3 Å². The molecule has 0 saturated carbocycles. The summed E-state index contributed by atoms with van der Waals surface area (Å²) in [5.74, 6) is 0. The molecule has 2 N–H and O–H groups in total. The van der Waals surface area contributed by atoms with Gasteiger partial charge in [-0.25, -0.2) is 8.42 Å². The molecule has 1 saturated heterocycles. The normalized spacial score (nSPS) is 22.0. The molecule has 1 aliphatic heterocycles. The van der Waals surface area contributed by atoms with Crippen molar-refractivity contribution < 1.29 is 13.2 Å². The van der Waals surface area contributed by atoms with Crippen molar-refractivity contribution in [2.75, 3.05) is 20.2 Å². The topological polar surface area (TPSA) is 72.6 Å². The summed E-state index contributed by atoms with van der Waals surface area (Å²) >= 11 is 0. The predicted octanol–water partition coefficient (Wildman–Crippen LogP) is 2.48. The number of nitrogens with zero attached hydrogens (tertiary/aromatic N) is 1. The molecule has 1 heterocycles. The molecule has 0 bridgehead atoms. The maximum absolute atomic E-state index is 13.2. The molecule has 5 nitrogen and oxygen atoms in total. The van der Waals surface area contributed by atoms with Crippen molar-refractivity contribution in [2.45, 2.75) is 29.9 Å². The molecule has 1 aliphatic rings. The second-order valence-electron chi connectivity index (χ2n) is 6.28. The fraction of sp³-hybridized carbons (Fsp3) is 0.368. The highest BCUT2D eigenvalue weighted by atomic mass is 32.2. The molecule has 0 aliphatic carbocycles. The molecule has 134 valence electrons. The summed E-state index contributed by atoms with van der Waals surface area (Å²) in [5, 5.41) is 0. The van der Waals surface area contributed by atoms with Gasteiger partial charge in [0, 0.05) is 26.2 Å². The number of nitrogens with two attached hydrogens (primary N) is 1. The van der Waals surface area contributed by atoms with Crippen LogP contribution in [0.15, 0.2) is 59.5 Å². The third kappa shape index (κ3) is 3.77. The number of benzene rings is 2. The number of hydrogen-bond donors (Lipinski definition) is 1. The van der Waals surface area contributed by atoms with Crippen LogP contribution in [0.2, 0.25) is 0 Å². The van der Waals surface area contributed by atoms with Gasteiger partial charge < -0.3 is 10.5 Å². The van der Waals surface area contributed by atoms with E-state index in [1.807, 2.05) is 36.4 Å². The average molecular weight is 360 g/mol. The molecule has 0 spiro atoms. The van der Waals surface area contributed by atoms with Gasteiger partial charge in [0.15, 0.2) is 0 Å². The Morgan fingerprint density at radius 2 is 1.84 bits per heavy atom. The van der Waals surface area contributed by atoms with Crippen LogP contribution in [0.25, 0.3) is 11.1 Å². The highest BCUT2D eigenvalue weighted by Gasteiger charge is 2.36. The molecule has 3 rings (SSSR count). The lowest BCUT2D eigenvalue weighted by atomic mass is 10.0. The molecular formula is C19H24N2O3S. The standard InChI is InChI=1S/C19H24N2O3S/c1-24-18-10-11-21(17(13-18)14-20)25(22,23)19-9-5-8-16(12-19)15-6-3-2-4-7-15/h2-9,12,17-18H,10-11,13-14,20H2,1H3. The second kappa shape index (κ2) is 7.66. The smallest absolute Gasteiger partial charge is 0.243 e. The van der Waals surface area contributed by atoms with Crippen LogP contribution >= 0.6 is 0 Å². The van der Waals surface area contributed by atoms with Crippen LogP contribution in [0.3, 0.4) is 0 Å². The largest absolute Gasteiger partial charge is 0.381 e. The van der Waals surface area contributed by atoms with Crippen molar-refractivity contribution in [3.63, 3.8) is 0 Å². The zero-order valence-electron chi connectivity index (χ0n) is 14.3. The van der Waals surface area contributed by atoms with Gasteiger partial charge in [-0.15, -0.1) is 0 Å². The van der Waals surface area contributed by atoms with Gasteiger partial charge in [-0.05, 0) is 36.1 Å². The number of methoxy groups -OCH3 is 1. The van der Waals surface area contributed by atoms with Gasteiger partial charge in [0.25, 0.3) is 0 Å². The van der Waals surface area contributed by atoms with Crippen molar-refractivity contribution in [3.05, 3.63) is 54.6 Å². The summed E-state index contributed by atoms with van der Waals surface area (Å²) in [5.41, 5.74) is 7.72. The Morgan fingerprint density at radius 1 is 1.12 bits per heavy atom. The summed E-state index contributed by atoms with van der Waals surface area (Å²) in [6.07, 6.45) is 1.38. The first kappa shape index (κ1) is 18.1. The van der Waals surface area contributed by atoms with Crippen LogP contribution in [-0.2, 0) is 14.8 Å². The van der Waals surface area contributed by atoms with Crippen LogP contribution in [0, 0.1) is 0 Å². The number of sulfonamides is 1.